The molecular weight excluding hydrogens is 450 g/mol. The number of ether oxygens (including phenoxy) is 2. The summed E-state index contributed by atoms with van der Waals surface area (Å²) in [7, 11) is 3.47. The van der Waals surface area contributed by atoms with Crippen LogP contribution >= 0.6 is 0 Å². The zero-order valence-electron chi connectivity index (χ0n) is 19.5. The van der Waals surface area contributed by atoms with E-state index in [0.29, 0.717) is 40.4 Å². The Bertz CT molecular complexity index is 1390. The van der Waals surface area contributed by atoms with Gasteiger partial charge in [0.05, 0.1) is 30.6 Å². The molecule has 182 valence electrons. The lowest BCUT2D eigenvalue weighted by Crippen LogP contribution is -2.33. The Morgan fingerprint density at radius 2 is 2.23 bits per heavy atom. The molecule has 5 heterocycles. The van der Waals surface area contributed by atoms with Gasteiger partial charge in [-0.05, 0) is 31.4 Å². The minimum absolute atomic E-state index is 0.0580. The van der Waals surface area contributed by atoms with Crippen LogP contribution in [-0.2, 0) is 15.0 Å². The summed E-state index contributed by atoms with van der Waals surface area (Å²) in [6.45, 7) is 0.738. The fourth-order valence-corrected chi connectivity index (χ4v) is 6.29. The second-order valence-corrected chi connectivity index (χ2v) is 9.91. The largest absolute Gasteiger partial charge is 0.381 e. The number of nitrogens with one attached hydrogen (secondary N) is 3. The molecule has 0 radical (unpaired) electrons. The van der Waals surface area contributed by atoms with Crippen LogP contribution in [0.3, 0.4) is 0 Å². The van der Waals surface area contributed by atoms with E-state index in [-0.39, 0.29) is 35.3 Å². The summed E-state index contributed by atoms with van der Waals surface area (Å²) in [6.07, 6.45) is 6.32. The molecule has 5 fully saturated rings. The van der Waals surface area contributed by atoms with E-state index in [2.05, 4.69) is 26.0 Å². The lowest BCUT2D eigenvalue weighted by atomic mass is 10.2. The quantitative estimate of drug-likeness (QED) is 0.466. The van der Waals surface area contributed by atoms with Crippen molar-refractivity contribution in [1.29, 1.82) is 0 Å². The number of anilines is 3. The molecule has 3 saturated carbocycles. The van der Waals surface area contributed by atoms with Crippen LogP contribution in [0, 0.1) is 11.8 Å². The van der Waals surface area contributed by atoms with Crippen molar-refractivity contribution in [2.45, 2.75) is 43.1 Å². The number of amides is 1. The molecule has 35 heavy (non-hydrogen) atoms. The van der Waals surface area contributed by atoms with Crippen molar-refractivity contribution in [1.82, 2.24) is 24.5 Å². The molecule has 8 rings (SSSR count). The second kappa shape index (κ2) is 7.28. The van der Waals surface area contributed by atoms with Gasteiger partial charge < -0.3 is 30.0 Å². The maximum Gasteiger partial charge on any atom is 0.274 e. The first-order chi connectivity index (χ1) is 17.1. The third-order valence-corrected chi connectivity index (χ3v) is 8.23. The van der Waals surface area contributed by atoms with E-state index in [0.717, 1.165) is 25.9 Å². The highest BCUT2D eigenvalue weighted by Crippen LogP contribution is 2.82. The van der Waals surface area contributed by atoms with Crippen molar-refractivity contribution in [2.75, 3.05) is 31.4 Å². The number of rotatable bonds is 7. The minimum atomic E-state index is -0.224. The van der Waals surface area contributed by atoms with Crippen molar-refractivity contribution >= 4 is 28.9 Å². The summed E-state index contributed by atoms with van der Waals surface area (Å²) in [4.78, 5) is 31.0. The maximum absolute atomic E-state index is 13.3. The highest BCUT2D eigenvalue weighted by Gasteiger charge is 2.93. The van der Waals surface area contributed by atoms with Gasteiger partial charge in [0.15, 0.2) is 5.65 Å². The molecule has 3 N–H and O–H groups in total. The molecule has 2 bridgehead atoms. The zero-order chi connectivity index (χ0) is 23.9. The fourth-order valence-electron chi connectivity index (χ4n) is 6.29. The third kappa shape index (κ3) is 2.85. The van der Waals surface area contributed by atoms with E-state index in [1.165, 1.54) is 6.20 Å². The first-order valence-electron chi connectivity index (χ1n) is 12.1. The molecule has 2 saturated heterocycles. The maximum atomic E-state index is 13.3. The Kier molecular flexibility index (Phi) is 4.35. The summed E-state index contributed by atoms with van der Waals surface area (Å²) >= 11 is 0. The van der Waals surface area contributed by atoms with E-state index in [1.807, 2.05) is 16.8 Å². The number of carbonyl (C=O) groups is 1. The van der Waals surface area contributed by atoms with Crippen LogP contribution in [0.2, 0.25) is 0 Å². The lowest BCUT2D eigenvalue weighted by molar-refractivity contribution is 0.0916. The Balaban J connectivity index is 1.19. The van der Waals surface area contributed by atoms with Crippen LogP contribution in [-0.4, -0.2) is 64.1 Å². The molecule has 2 aliphatic heterocycles. The number of carbonyl (C=O) groups excluding carboxylic acids is 1. The highest BCUT2D eigenvalue weighted by atomic mass is 16.5. The Morgan fingerprint density at radius 1 is 1.34 bits per heavy atom. The van der Waals surface area contributed by atoms with Crippen LogP contribution in [0.5, 0.6) is 0 Å². The van der Waals surface area contributed by atoms with Gasteiger partial charge in [-0.3, -0.25) is 9.59 Å². The Morgan fingerprint density at radius 3 is 2.94 bits per heavy atom. The van der Waals surface area contributed by atoms with Gasteiger partial charge in [-0.2, -0.15) is 9.61 Å². The monoisotopic (exact) mass is 477 g/mol. The van der Waals surface area contributed by atoms with E-state index in [1.54, 1.807) is 30.8 Å². The van der Waals surface area contributed by atoms with Crippen molar-refractivity contribution in [2.24, 2.45) is 11.8 Å². The molecule has 0 spiro atoms. The standard InChI is InChI=1S/C24H27N7O4/c1-25-18-9-17(28-16-4-3-7-30(23(16)33)24-15-11-35-20(24)19(15)24)29-21-14(10-26-31(18)21)22(32)27-12-5-6-13(8-12)34-2/h3-4,7,9-10,12-13,15,19-20,25H,5-6,8,11H2,1-2H3,(H,27,32)(H,28,29)/t12?,13-,15+,19+,20?,24+/m0/s1. The van der Waals surface area contributed by atoms with Gasteiger partial charge in [-0.25, -0.2) is 4.98 Å². The average Bonchev–Trinajstić information content (AvgIpc) is 3.31. The van der Waals surface area contributed by atoms with Crippen LogP contribution in [0.25, 0.3) is 5.65 Å². The molecule has 5 aliphatic rings. The van der Waals surface area contributed by atoms with Crippen LogP contribution in [0.1, 0.15) is 29.6 Å². The predicted molar refractivity (Wildman–Crippen MR) is 127 cm³/mol. The summed E-state index contributed by atoms with van der Waals surface area (Å²) in [5, 5.41) is 13.7. The second-order valence-electron chi connectivity index (χ2n) is 9.91. The van der Waals surface area contributed by atoms with Gasteiger partial charge in [-0.15, -0.1) is 0 Å². The fraction of sp³-hybridized carbons (Fsp3) is 0.500. The number of pyridine rings is 1. The number of hydrogen-bond acceptors (Lipinski definition) is 8. The number of fused-ring (bicyclic) bond motifs is 2. The summed E-state index contributed by atoms with van der Waals surface area (Å²) in [6, 6.07) is 5.44. The molecule has 11 heteroatoms. The van der Waals surface area contributed by atoms with Gasteiger partial charge in [0, 0.05) is 44.3 Å². The minimum Gasteiger partial charge on any atom is -0.381 e. The topological polar surface area (TPSA) is 124 Å². The molecule has 3 aromatic rings. The van der Waals surface area contributed by atoms with Crippen molar-refractivity contribution < 1.29 is 14.3 Å². The molecule has 11 nitrogen and oxygen atoms in total. The summed E-state index contributed by atoms with van der Waals surface area (Å²) in [5.41, 5.74) is 0.980. The normalized spacial score (nSPS) is 31.9. The van der Waals surface area contributed by atoms with E-state index < -0.39 is 0 Å². The number of methoxy groups -OCH3 is 1. The van der Waals surface area contributed by atoms with E-state index in [9.17, 15) is 9.59 Å². The zero-order valence-corrected chi connectivity index (χ0v) is 19.5. The Labute approximate surface area is 200 Å². The number of aromatic nitrogens is 4. The Hall–Kier alpha value is -3.44. The molecule has 3 aromatic heterocycles. The molecule has 1 amide bonds. The van der Waals surface area contributed by atoms with Gasteiger partial charge in [0.2, 0.25) is 0 Å². The summed E-state index contributed by atoms with van der Waals surface area (Å²) < 4.78 is 14.6. The first-order valence-corrected chi connectivity index (χ1v) is 12.1. The molecule has 2 unspecified atom stereocenters. The van der Waals surface area contributed by atoms with Crippen LogP contribution in [0.4, 0.5) is 17.3 Å². The molecule has 3 aliphatic carbocycles. The van der Waals surface area contributed by atoms with E-state index >= 15 is 0 Å². The van der Waals surface area contributed by atoms with Gasteiger partial charge >= 0.3 is 0 Å². The molecule has 0 aromatic carbocycles. The molecule has 6 atom stereocenters. The predicted octanol–water partition coefficient (Wildman–Crippen LogP) is 1.33. The first kappa shape index (κ1) is 20.9. The number of hydrogen-bond donors (Lipinski definition) is 3. The van der Waals surface area contributed by atoms with Crippen LogP contribution in [0.15, 0.2) is 35.4 Å². The van der Waals surface area contributed by atoms with Gasteiger partial charge in [0.1, 0.15) is 22.9 Å². The van der Waals surface area contributed by atoms with Crippen molar-refractivity contribution in [3.63, 3.8) is 0 Å². The molecular formula is C24H27N7O4. The van der Waals surface area contributed by atoms with Gasteiger partial charge in [-0.1, -0.05) is 0 Å². The van der Waals surface area contributed by atoms with E-state index in [4.69, 9.17) is 9.47 Å². The summed E-state index contributed by atoms with van der Waals surface area (Å²) in [5.74, 6) is 1.80. The highest BCUT2D eigenvalue weighted by molar-refractivity contribution is 6.00. The third-order valence-electron chi connectivity index (χ3n) is 8.23. The number of nitrogens with zero attached hydrogens (tertiary/aromatic N) is 4. The van der Waals surface area contributed by atoms with Crippen molar-refractivity contribution in [3.05, 3.63) is 46.5 Å². The van der Waals surface area contributed by atoms with Gasteiger partial charge in [0.25, 0.3) is 11.5 Å². The lowest BCUT2D eigenvalue weighted by Gasteiger charge is -2.14. The average molecular weight is 478 g/mol. The van der Waals surface area contributed by atoms with Crippen molar-refractivity contribution in [3.8, 4) is 0 Å². The smallest absolute Gasteiger partial charge is 0.274 e. The SMILES string of the molecule is CNc1cc(Nc2cccn([C@]34C5OC[C@@H]3[C@H]54)c2=O)nc2c(C(=O)NC3CC[C@H](OC)C3)cnn12. The van der Waals surface area contributed by atoms with Crippen LogP contribution < -0.4 is 21.5 Å².